The van der Waals surface area contributed by atoms with Crippen LogP contribution in [0.4, 0.5) is 0 Å². The molecule has 2 atom stereocenters. The van der Waals surface area contributed by atoms with Crippen molar-refractivity contribution in [3.8, 4) is 11.4 Å². The molecule has 0 saturated carbocycles. The highest BCUT2D eigenvalue weighted by atomic mass is 16.2. The van der Waals surface area contributed by atoms with E-state index in [4.69, 9.17) is 0 Å². The number of amides is 1. The number of rotatable bonds is 3. The molecular formula is C17H21N5O. The van der Waals surface area contributed by atoms with Gasteiger partial charge in [-0.3, -0.25) is 9.78 Å². The monoisotopic (exact) mass is 311 g/mol. The predicted molar refractivity (Wildman–Crippen MR) is 85.6 cm³/mol. The molecule has 2 aromatic heterocycles. The van der Waals surface area contributed by atoms with Crippen LogP contribution >= 0.6 is 0 Å². The zero-order valence-corrected chi connectivity index (χ0v) is 13.4. The van der Waals surface area contributed by atoms with E-state index in [1.165, 1.54) is 0 Å². The Balaban J connectivity index is 1.67. The second kappa shape index (κ2) is 5.76. The van der Waals surface area contributed by atoms with Gasteiger partial charge in [0.25, 0.3) is 0 Å². The van der Waals surface area contributed by atoms with Crippen molar-refractivity contribution in [1.29, 1.82) is 0 Å². The third-order valence-electron chi connectivity index (χ3n) is 4.98. The molecule has 1 amide bonds. The van der Waals surface area contributed by atoms with Crippen LogP contribution in [0.1, 0.15) is 38.1 Å². The molecule has 2 aliphatic rings. The molecule has 4 rings (SSSR count). The lowest BCUT2D eigenvalue weighted by Gasteiger charge is -2.27. The number of fused-ring (bicyclic) bond motifs is 3. The third-order valence-corrected chi connectivity index (χ3v) is 4.98. The molecule has 6 heteroatoms. The second-order valence-corrected chi connectivity index (χ2v) is 6.47. The van der Waals surface area contributed by atoms with Gasteiger partial charge in [-0.05, 0) is 30.9 Å². The molecule has 0 N–H and O–H groups in total. The summed E-state index contributed by atoms with van der Waals surface area (Å²) in [6.45, 7) is 3.70. The lowest BCUT2D eigenvalue weighted by atomic mass is 9.93. The van der Waals surface area contributed by atoms with Crippen LogP contribution < -0.4 is 0 Å². The van der Waals surface area contributed by atoms with Gasteiger partial charge in [-0.2, -0.15) is 0 Å². The summed E-state index contributed by atoms with van der Waals surface area (Å²) in [5.41, 5.74) is 0.991. The molecular weight excluding hydrogens is 290 g/mol. The van der Waals surface area contributed by atoms with Crippen molar-refractivity contribution in [2.75, 3.05) is 13.1 Å². The lowest BCUT2D eigenvalue weighted by molar-refractivity contribution is -0.130. The molecule has 0 aromatic carbocycles. The van der Waals surface area contributed by atoms with Crippen LogP contribution in [-0.2, 0) is 11.2 Å². The number of nitrogens with zero attached hydrogens (tertiary/aromatic N) is 5. The smallest absolute Gasteiger partial charge is 0.222 e. The van der Waals surface area contributed by atoms with Gasteiger partial charge < -0.3 is 9.47 Å². The van der Waals surface area contributed by atoms with E-state index in [1.54, 1.807) is 6.20 Å². The Labute approximate surface area is 135 Å². The fourth-order valence-electron chi connectivity index (χ4n) is 3.85. The summed E-state index contributed by atoms with van der Waals surface area (Å²) in [5, 5.41) is 8.79. The van der Waals surface area contributed by atoms with Gasteiger partial charge in [-0.1, -0.05) is 6.92 Å². The van der Waals surface area contributed by atoms with E-state index < -0.39 is 0 Å². The van der Waals surface area contributed by atoms with Crippen LogP contribution in [0.3, 0.4) is 0 Å². The van der Waals surface area contributed by atoms with Crippen LogP contribution in [0.15, 0.2) is 24.5 Å². The first-order valence-corrected chi connectivity index (χ1v) is 8.40. The standard InChI is InChI=1S/C17H21N5O/c1-2-4-16(23)21-10-13-6-7-15-19-20-17(22(15)14(13)11-21)12-5-3-8-18-9-12/h3,5,8-9,13-14H,2,4,6-7,10-11H2,1H3/t13-,14+/m1/s1. The summed E-state index contributed by atoms with van der Waals surface area (Å²) in [4.78, 5) is 18.5. The van der Waals surface area contributed by atoms with Crippen LogP contribution in [0.25, 0.3) is 11.4 Å². The molecule has 0 radical (unpaired) electrons. The van der Waals surface area contributed by atoms with Gasteiger partial charge in [0.2, 0.25) is 5.91 Å². The van der Waals surface area contributed by atoms with Crippen molar-refractivity contribution in [3.05, 3.63) is 30.4 Å². The summed E-state index contributed by atoms with van der Waals surface area (Å²) in [5.74, 6) is 2.71. The van der Waals surface area contributed by atoms with E-state index in [1.807, 2.05) is 23.2 Å². The molecule has 4 heterocycles. The molecule has 6 nitrogen and oxygen atoms in total. The molecule has 120 valence electrons. The molecule has 2 aromatic rings. The molecule has 1 fully saturated rings. The second-order valence-electron chi connectivity index (χ2n) is 6.47. The number of pyridine rings is 1. The van der Waals surface area contributed by atoms with Crippen LogP contribution in [-0.4, -0.2) is 43.6 Å². The molecule has 0 aliphatic carbocycles. The van der Waals surface area contributed by atoms with Crippen molar-refractivity contribution in [1.82, 2.24) is 24.6 Å². The number of aryl methyl sites for hydroxylation is 1. The normalized spacial score (nSPS) is 22.7. The Morgan fingerprint density at radius 3 is 3.04 bits per heavy atom. The van der Waals surface area contributed by atoms with Gasteiger partial charge in [-0.15, -0.1) is 10.2 Å². The van der Waals surface area contributed by atoms with Gasteiger partial charge in [0.15, 0.2) is 5.82 Å². The van der Waals surface area contributed by atoms with E-state index in [2.05, 4.69) is 26.7 Å². The van der Waals surface area contributed by atoms with Gasteiger partial charge in [0.05, 0.1) is 6.04 Å². The maximum Gasteiger partial charge on any atom is 0.222 e. The maximum atomic E-state index is 12.3. The summed E-state index contributed by atoms with van der Waals surface area (Å²) >= 11 is 0. The molecule has 0 bridgehead atoms. The Hall–Kier alpha value is -2.24. The first-order chi connectivity index (χ1) is 11.3. The molecule has 0 spiro atoms. The third kappa shape index (κ3) is 2.42. The highest BCUT2D eigenvalue weighted by Crippen LogP contribution is 2.39. The minimum absolute atomic E-state index is 0.277. The van der Waals surface area contributed by atoms with Crippen molar-refractivity contribution >= 4 is 5.91 Å². The fourth-order valence-corrected chi connectivity index (χ4v) is 3.85. The number of hydrogen-bond donors (Lipinski definition) is 0. The van der Waals surface area contributed by atoms with E-state index in [0.29, 0.717) is 18.4 Å². The minimum atomic E-state index is 0.277. The van der Waals surface area contributed by atoms with Crippen molar-refractivity contribution < 1.29 is 4.79 Å². The zero-order chi connectivity index (χ0) is 15.8. The topological polar surface area (TPSA) is 63.9 Å². The SMILES string of the molecule is CCCC(=O)N1C[C@H]2CCc3nnc(-c4cccnc4)n3[C@H]2C1. The molecule has 0 unspecified atom stereocenters. The largest absolute Gasteiger partial charge is 0.340 e. The average molecular weight is 311 g/mol. The van der Waals surface area contributed by atoms with Crippen LogP contribution in [0, 0.1) is 5.92 Å². The number of carbonyl (C=O) groups excluding carboxylic acids is 1. The highest BCUT2D eigenvalue weighted by Gasteiger charge is 2.41. The summed E-state index contributed by atoms with van der Waals surface area (Å²) in [6.07, 6.45) is 7.17. The first-order valence-electron chi connectivity index (χ1n) is 8.40. The fraction of sp³-hybridized carbons (Fsp3) is 0.529. The highest BCUT2D eigenvalue weighted by molar-refractivity contribution is 5.76. The summed E-state index contributed by atoms with van der Waals surface area (Å²) in [6, 6.07) is 4.23. The van der Waals surface area contributed by atoms with Gasteiger partial charge >= 0.3 is 0 Å². The van der Waals surface area contributed by atoms with Crippen LogP contribution in [0.5, 0.6) is 0 Å². The molecule has 2 aliphatic heterocycles. The number of aromatic nitrogens is 4. The Kier molecular flexibility index (Phi) is 3.59. The zero-order valence-electron chi connectivity index (χ0n) is 13.4. The van der Waals surface area contributed by atoms with Gasteiger partial charge in [0.1, 0.15) is 5.82 Å². The van der Waals surface area contributed by atoms with Crippen LogP contribution in [0.2, 0.25) is 0 Å². The molecule has 23 heavy (non-hydrogen) atoms. The quantitative estimate of drug-likeness (QED) is 0.870. The maximum absolute atomic E-state index is 12.3. The van der Waals surface area contributed by atoms with E-state index in [-0.39, 0.29) is 5.91 Å². The Morgan fingerprint density at radius 2 is 2.26 bits per heavy atom. The van der Waals surface area contributed by atoms with Crippen molar-refractivity contribution in [3.63, 3.8) is 0 Å². The van der Waals surface area contributed by atoms with Gasteiger partial charge in [-0.25, -0.2) is 0 Å². The summed E-state index contributed by atoms with van der Waals surface area (Å²) in [7, 11) is 0. The summed E-state index contributed by atoms with van der Waals surface area (Å²) < 4.78 is 2.25. The van der Waals surface area contributed by atoms with Crippen molar-refractivity contribution in [2.24, 2.45) is 5.92 Å². The average Bonchev–Trinajstić information content (AvgIpc) is 3.19. The minimum Gasteiger partial charge on any atom is -0.340 e. The predicted octanol–water partition coefficient (Wildman–Crippen LogP) is 2.09. The molecule has 1 saturated heterocycles. The Bertz CT molecular complexity index is 711. The van der Waals surface area contributed by atoms with Gasteiger partial charge in [0, 0.05) is 43.9 Å². The lowest BCUT2D eigenvalue weighted by Crippen LogP contribution is -2.29. The van der Waals surface area contributed by atoms with E-state index in [0.717, 1.165) is 49.6 Å². The number of carbonyl (C=O) groups is 1. The number of hydrogen-bond acceptors (Lipinski definition) is 4. The Morgan fingerprint density at radius 1 is 1.35 bits per heavy atom. The van der Waals surface area contributed by atoms with E-state index >= 15 is 0 Å². The first kappa shape index (κ1) is 14.4. The van der Waals surface area contributed by atoms with Crippen molar-refractivity contribution in [2.45, 2.75) is 38.6 Å². The number of likely N-dealkylation sites (tertiary alicyclic amines) is 1. The van der Waals surface area contributed by atoms with E-state index in [9.17, 15) is 4.79 Å².